The van der Waals surface area contributed by atoms with E-state index >= 15 is 0 Å². The molecular formula is C59H70N10O9. The third kappa shape index (κ3) is 12.9. The van der Waals surface area contributed by atoms with Crippen molar-refractivity contribution < 1.29 is 43.5 Å². The highest BCUT2D eigenvalue weighted by molar-refractivity contribution is 6.00. The number of para-hydroxylation sites is 1. The minimum atomic E-state index is -1.26. The zero-order valence-electron chi connectivity index (χ0n) is 44.0. The molecule has 410 valence electrons. The number of aliphatic hydroxyl groups excluding tert-OH is 1. The molecule has 0 radical (unpaired) electrons. The number of primary amides is 1. The Morgan fingerprint density at radius 1 is 0.603 bits per heavy atom. The number of carbonyl (C=O) groups is 8. The summed E-state index contributed by atoms with van der Waals surface area (Å²) in [7, 11) is 0. The zero-order valence-corrected chi connectivity index (χ0v) is 44.0. The van der Waals surface area contributed by atoms with E-state index in [1.54, 1.807) is 11.1 Å². The molecule has 9 atom stereocenters. The van der Waals surface area contributed by atoms with Gasteiger partial charge in [0, 0.05) is 55.9 Å². The number of nitrogens with zero attached hydrogens (tertiary/aromatic N) is 2. The van der Waals surface area contributed by atoms with Crippen molar-refractivity contribution in [3.63, 3.8) is 0 Å². The van der Waals surface area contributed by atoms with Gasteiger partial charge in [-0.1, -0.05) is 117 Å². The SMILES string of the molecule is CC(C)C[C@@H]1NC(=O)[C@H]2CCCN2C(O)[C@H](Cc2ccccc2)NC(=O)[C@@H](Cc2c[nH]c3c(-c4cccc(C[C@@H]5NC(=O)[C@@H](CCC(N)=O)NC(=O)[C@H](Cc6ccccc6)NC(=O)[C@H]6CCCN6C5=O)c4)cccc23)NC1=O. The molecule has 5 aromatic rings. The van der Waals surface area contributed by atoms with Crippen LogP contribution in [0.3, 0.4) is 0 Å². The lowest BCUT2D eigenvalue weighted by atomic mass is 9.95. The van der Waals surface area contributed by atoms with Crippen LogP contribution in [0.5, 0.6) is 0 Å². The van der Waals surface area contributed by atoms with E-state index in [2.05, 4.69) is 36.9 Å². The molecule has 9 rings (SSSR count). The summed E-state index contributed by atoms with van der Waals surface area (Å²) in [6.45, 7) is 4.61. The number of aromatic amines is 1. The summed E-state index contributed by atoms with van der Waals surface area (Å²) < 4.78 is 0. The van der Waals surface area contributed by atoms with E-state index in [0.717, 1.165) is 38.7 Å². The molecule has 0 aliphatic carbocycles. The Labute approximate surface area is 453 Å². The standard InChI is InChI=1S/C59H70N10O9/c1-34(2)27-43-53(72)63-45(55(74)67-46(30-36-15-7-4-8-16-36)58(77)68-25-11-21-48(68)56(75)64-43)32-39-33-61-51-40(19-10-20-41(39)51)38-18-9-17-37(28-38)31-47-59(78)69-26-12-22-49(69)57(76)65-44(29-35-13-5-3-6-14-35)54(73)62-42(52(71)66-47)23-24-50(60)70/h3-10,13-20,28,33-34,42-49,58,61,77H,11-12,21-27,29-32H2,1-2H3,(H2,60,70)(H,62,73)(H,63,72)(H,64,75)(H,65,76)(H,66,71)(H,67,74)/t42-,43+,44+,45-,46+,47+,48-,49-,58?/m1/s1. The summed E-state index contributed by atoms with van der Waals surface area (Å²) in [6.07, 6.45) is 3.07. The first kappa shape index (κ1) is 54.9. The van der Waals surface area contributed by atoms with Gasteiger partial charge in [-0.15, -0.1) is 0 Å². The lowest BCUT2D eigenvalue weighted by Crippen LogP contribution is -2.63. The molecule has 4 aliphatic heterocycles. The topological polar surface area (TPSA) is 277 Å². The van der Waals surface area contributed by atoms with Crippen molar-refractivity contribution in [3.8, 4) is 11.1 Å². The number of carbonyl (C=O) groups excluding carboxylic acids is 8. The number of H-pyrrole nitrogens is 1. The van der Waals surface area contributed by atoms with Gasteiger partial charge >= 0.3 is 0 Å². The maximum atomic E-state index is 14.7. The first-order chi connectivity index (χ1) is 37.6. The normalized spacial score (nSPS) is 25.7. The van der Waals surface area contributed by atoms with Crippen LogP contribution in [0.2, 0.25) is 0 Å². The van der Waals surface area contributed by atoms with Crippen LogP contribution in [0, 0.1) is 5.92 Å². The molecule has 0 spiro atoms. The van der Waals surface area contributed by atoms with Crippen molar-refractivity contribution in [1.29, 1.82) is 0 Å². The second-order valence-electron chi connectivity index (χ2n) is 21.6. The number of nitrogens with one attached hydrogen (secondary N) is 7. The molecule has 4 aromatic carbocycles. The first-order valence-corrected chi connectivity index (χ1v) is 27.2. The molecule has 10 N–H and O–H groups in total. The van der Waals surface area contributed by atoms with E-state index in [-0.39, 0.29) is 56.9 Å². The molecule has 5 heterocycles. The van der Waals surface area contributed by atoms with E-state index in [0.29, 0.717) is 44.2 Å². The van der Waals surface area contributed by atoms with Crippen molar-refractivity contribution in [3.05, 3.63) is 132 Å². The van der Waals surface area contributed by atoms with Crippen LogP contribution in [0.15, 0.2) is 109 Å². The zero-order chi connectivity index (χ0) is 55.0. The largest absolute Gasteiger partial charge is 0.376 e. The number of hydrogen-bond acceptors (Lipinski definition) is 10. The predicted molar refractivity (Wildman–Crippen MR) is 291 cm³/mol. The van der Waals surface area contributed by atoms with Gasteiger partial charge in [0.05, 0.1) is 17.6 Å². The summed E-state index contributed by atoms with van der Waals surface area (Å²) in [5.74, 6) is -4.23. The number of nitrogens with two attached hydrogens (primary N) is 1. The number of fused-ring (bicyclic) bond motifs is 3. The van der Waals surface area contributed by atoms with Crippen LogP contribution < -0.4 is 37.6 Å². The highest BCUT2D eigenvalue weighted by Crippen LogP contribution is 2.32. The summed E-state index contributed by atoms with van der Waals surface area (Å²) in [5, 5.41) is 30.3. The fourth-order valence-electron chi connectivity index (χ4n) is 11.5. The number of hydrogen-bond donors (Lipinski definition) is 9. The quantitative estimate of drug-likeness (QED) is 0.0784. The Morgan fingerprint density at radius 2 is 1.17 bits per heavy atom. The fraction of sp³-hybridized carbons (Fsp3) is 0.424. The van der Waals surface area contributed by atoms with Crippen LogP contribution >= 0.6 is 0 Å². The first-order valence-electron chi connectivity index (χ1n) is 27.2. The number of benzene rings is 4. The summed E-state index contributed by atoms with van der Waals surface area (Å²) in [5.41, 5.74) is 10.8. The van der Waals surface area contributed by atoms with Crippen molar-refractivity contribution in [2.24, 2.45) is 11.7 Å². The molecule has 78 heavy (non-hydrogen) atoms. The van der Waals surface area contributed by atoms with E-state index in [1.807, 2.05) is 117 Å². The smallest absolute Gasteiger partial charge is 0.246 e. The highest BCUT2D eigenvalue weighted by Gasteiger charge is 2.43. The summed E-state index contributed by atoms with van der Waals surface area (Å²) in [4.78, 5) is 119. The van der Waals surface area contributed by atoms with E-state index in [4.69, 9.17) is 5.73 Å². The van der Waals surface area contributed by atoms with Crippen LogP contribution in [0.4, 0.5) is 0 Å². The Kier molecular flexibility index (Phi) is 17.3. The molecule has 1 aromatic heterocycles. The summed E-state index contributed by atoms with van der Waals surface area (Å²) in [6, 6.07) is 23.9. The third-order valence-electron chi connectivity index (χ3n) is 15.5. The number of rotatable bonds is 14. The molecule has 0 saturated carbocycles. The average molecular weight is 1060 g/mol. The Bertz CT molecular complexity index is 3020. The third-order valence-corrected chi connectivity index (χ3v) is 15.5. The maximum Gasteiger partial charge on any atom is 0.246 e. The van der Waals surface area contributed by atoms with E-state index in [9.17, 15) is 43.5 Å². The summed E-state index contributed by atoms with van der Waals surface area (Å²) >= 11 is 0. The second kappa shape index (κ2) is 24.6. The lowest BCUT2D eigenvalue weighted by molar-refractivity contribution is -0.143. The number of amides is 8. The Hall–Kier alpha value is -7.90. The van der Waals surface area contributed by atoms with Gasteiger partial charge in [0.15, 0.2) is 0 Å². The molecule has 19 nitrogen and oxygen atoms in total. The minimum Gasteiger partial charge on any atom is -0.376 e. The minimum absolute atomic E-state index is 0.00937. The molecular weight excluding hydrogens is 993 g/mol. The van der Waals surface area contributed by atoms with Gasteiger partial charge in [-0.25, -0.2) is 0 Å². The number of aliphatic hydroxyl groups is 1. The molecule has 4 saturated heterocycles. The molecule has 19 heteroatoms. The maximum absolute atomic E-state index is 14.7. The predicted octanol–water partition coefficient (Wildman–Crippen LogP) is 2.43. The lowest BCUT2D eigenvalue weighted by Gasteiger charge is -2.36. The Morgan fingerprint density at radius 3 is 1.90 bits per heavy atom. The van der Waals surface area contributed by atoms with Crippen molar-refractivity contribution in [2.75, 3.05) is 13.1 Å². The molecule has 1 unspecified atom stereocenters. The molecule has 4 fully saturated rings. The van der Waals surface area contributed by atoms with E-state index < -0.39 is 95.9 Å². The van der Waals surface area contributed by atoms with Gasteiger partial charge < -0.3 is 52.6 Å². The van der Waals surface area contributed by atoms with Crippen molar-refractivity contribution >= 4 is 58.2 Å². The van der Waals surface area contributed by atoms with Gasteiger partial charge in [0.2, 0.25) is 47.3 Å². The van der Waals surface area contributed by atoms with Crippen LogP contribution in [0.1, 0.15) is 81.0 Å². The van der Waals surface area contributed by atoms with Crippen LogP contribution in [-0.4, -0.2) is 135 Å². The van der Waals surface area contributed by atoms with Crippen molar-refractivity contribution in [1.82, 2.24) is 46.7 Å². The number of aromatic nitrogens is 1. The average Bonchev–Trinajstić information content (AvgIpc) is 4.23. The van der Waals surface area contributed by atoms with Gasteiger partial charge in [-0.05, 0) is 78.7 Å². The molecule has 8 amide bonds. The monoisotopic (exact) mass is 1060 g/mol. The fourth-order valence-corrected chi connectivity index (χ4v) is 11.5. The van der Waals surface area contributed by atoms with Gasteiger partial charge in [-0.3, -0.25) is 43.3 Å². The molecule has 4 aliphatic rings. The van der Waals surface area contributed by atoms with Gasteiger partial charge in [-0.2, -0.15) is 0 Å². The molecule has 0 bridgehead atoms. The van der Waals surface area contributed by atoms with Crippen LogP contribution in [0.25, 0.3) is 22.0 Å². The van der Waals surface area contributed by atoms with Crippen LogP contribution in [-0.2, 0) is 64.0 Å². The second-order valence-corrected chi connectivity index (χ2v) is 21.6. The van der Waals surface area contributed by atoms with E-state index in [1.165, 1.54) is 4.90 Å². The highest BCUT2D eigenvalue weighted by atomic mass is 16.3. The van der Waals surface area contributed by atoms with Gasteiger partial charge in [0.1, 0.15) is 42.5 Å². The van der Waals surface area contributed by atoms with Crippen molar-refractivity contribution in [2.45, 2.75) is 139 Å². The van der Waals surface area contributed by atoms with Gasteiger partial charge in [0.25, 0.3) is 0 Å². The Balaban J connectivity index is 0.992.